The molecule has 0 aliphatic carbocycles. The van der Waals surface area contributed by atoms with Crippen LogP contribution in [0.2, 0.25) is 0 Å². The highest BCUT2D eigenvalue weighted by Gasteiger charge is 2.22. The Kier molecular flexibility index (Phi) is 4.15. The fourth-order valence-electron chi connectivity index (χ4n) is 2.47. The van der Waals surface area contributed by atoms with E-state index in [2.05, 4.69) is 48.2 Å². The third kappa shape index (κ3) is 3.28. The molecular weight excluding hydrogens is 210 g/mol. The first kappa shape index (κ1) is 12.6. The van der Waals surface area contributed by atoms with E-state index in [4.69, 9.17) is 5.73 Å². The van der Waals surface area contributed by atoms with Crippen molar-refractivity contribution in [1.29, 1.82) is 0 Å². The summed E-state index contributed by atoms with van der Waals surface area (Å²) in [7, 11) is 4.42. The van der Waals surface area contributed by atoms with Gasteiger partial charge in [-0.25, -0.2) is 0 Å². The zero-order valence-corrected chi connectivity index (χ0v) is 10.9. The lowest BCUT2D eigenvalue weighted by Gasteiger charge is -2.24. The normalized spacial score (nSPS) is 21.3. The summed E-state index contributed by atoms with van der Waals surface area (Å²) >= 11 is 0. The van der Waals surface area contributed by atoms with Crippen molar-refractivity contribution in [2.75, 3.05) is 27.2 Å². The molecule has 2 rings (SSSR count). The van der Waals surface area contributed by atoms with E-state index in [-0.39, 0.29) is 0 Å². The van der Waals surface area contributed by atoms with Crippen LogP contribution in [0.1, 0.15) is 17.5 Å². The molecule has 1 atom stereocenters. The molecule has 1 aliphatic rings. The van der Waals surface area contributed by atoms with Gasteiger partial charge in [0.15, 0.2) is 0 Å². The Morgan fingerprint density at radius 2 is 1.94 bits per heavy atom. The van der Waals surface area contributed by atoms with Crippen LogP contribution in [0.25, 0.3) is 0 Å². The van der Waals surface area contributed by atoms with Gasteiger partial charge < -0.3 is 10.6 Å². The largest absolute Gasteiger partial charge is 0.326 e. The van der Waals surface area contributed by atoms with Crippen molar-refractivity contribution in [3.63, 3.8) is 0 Å². The maximum Gasteiger partial charge on any atom is 0.0235 e. The molecule has 17 heavy (non-hydrogen) atoms. The number of hydrogen-bond acceptors (Lipinski definition) is 3. The van der Waals surface area contributed by atoms with Crippen LogP contribution >= 0.6 is 0 Å². The second-order valence-electron chi connectivity index (χ2n) is 5.14. The highest BCUT2D eigenvalue weighted by Crippen LogP contribution is 2.15. The van der Waals surface area contributed by atoms with Crippen LogP contribution in [0.5, 0.6) is 0 Å². The Morgan fingerprint density at radius 3 is 2.47 bits per heavy atom. The summed E-state index contributed by atoms with van der Waals surface area (Å²) < 4.78 is 0. The number of likely N-dealkylation sites (tertiary alicyclic amines) is 1. The molecule has 0 saturated carbocycles. The first-order chi connectivity index (χ1) is 8.19. The van der Waals surface area contributed by atoms with Crippen molar-refractivity contribution in [3.8, 4) is 0 Å². The minimum absolute atomic E-state index is 0.629. The summed E-state index contributed by atoms with van der Waals surface area (Å²) in [5.74, 6) is 0. The van der Waals surface area contributed by atoms with Gasteiger partial charge in [0, 0.05) is 25.7 Å². The molecule has 0 radical (unpaired) electrons. The van der Waals surface area contributed by atoms with Gasteiger partial charge in [0.1, 0.15) is 0 Å². The Labute approximate surface area is 104 Å². The number of benzene rings is 1. The van der Waals surface area contributed by atoms with Gasteiger partial charge in [-0.3, -0.25) is 4.90 Å². The van der Waals surface area contributed by atoms with Crippen molar-refractivity contribution in [3.05, 3.63) is 35.4 Å². The second-order valence-corrected chi connectivity index (χ2v) is 5.14. The first-order valence-electron chi connectivity index (χ1n) is 6.35. The summed E-state index contributed by atoms with van der Waals surface area (Å²) in [6.07, 6.45) is 1.29. The predicted molar refractivity (Wildman–Crippen MR) is 71.7 cm³/mol. The molecule has 1 aliphatic heterocycles. The average Bonchev–Trinajstić information content (AvgIpc) is 2.77. The quantitative estimate of drug-likeness (QED) is 0.850. The van der Waals surface area contributed by atoms with Crippen LogP contribution in [0.4, 0.5) is 0 Å². The summed E-state index contributed by atoms with van der Waals surface area (Å²) in [6, 6.07) is 9.34. The molecule has 3 nitrogen and oxygen atoms in total. The van der Waals surface area contributed by atoms with Gasteiger partial charge in [0.2, 0.25) is 0 Å². The third-order valence-electron chi connectivity index (χ3n) is 3.68. The van der Waals surface area contributed by atoms with Gasteiger partial charge in [0.05, 0.1) is 0 Å². The lowest BCUT2D eigenvalue weighted by atomic mass is 10.1. The van der Waals surface area contributed by atoms with Crippen molar-refractivity contribution in [2.45, 2.75) is 25.6 Å². The number of nitrogens with zero attached hydrogens (tertiary/aromatic N) is 2. The fourth-order valence-corrected chi connectivity index (χ4v) is 2.47. The van der Waals surface area contributed by atoms with E-state index in [9.17, 15) is 0 Å². The van der Waals surface area contributed by atoms with Crippen LogP contribution in [0.3, 0.4) is 0 Å². The number of rotatable bonds is 4. The Hall–Kier alpha value is -0.900. The van der Waals surface area contributed by atoms with Crippen molar-refractivity contribution >= 4 is 0 Å². The molecular formula is C14H23N3. The second kappa shape index (κ2) is 5.63. The Balaban J connectivity index is 1.91. The molecule has 0 aromatic heterocycles. The van der Waals surface area contributed by atoms with E-state index in [1.54, 1.807) is 0 Å². The molecule has 94 valence electrons. The van der Waals surface area contributed by atoms with Gasteiger partial charge in [-0.1, -0.05) is 24.3 Å². The Morgan fingerprint density at radius 1 is 1.29 bits per heavy atom. The fraction of sp³-hybridized carbons (Fsp3) is 0.571. The van der Waals surface area contributed by atoms with Crippen molar-refractivity contribution in [1.82, 2.24) is 9.80 Å². The molecule has 0 bridgehead atoms. The first-order valence-corrected chi connectivity index (χ1v) is 6.35. The van der Waals surface area contributed by atoms with E-state index in [0.717, 1.165) is 6.54 Å². The molecule has 2 N–H and O–H groups in total. The number of hydrogen-bond donors (Lipinski definition) is 1. The number of nitrogens with two attached hydrogens (primary N) is 1. The van der Waals surface area contributed by atoms with Crippen LogP contribution in [0, 0.1) is 0 Å². The summed E-state index contributed by atoms with van der Waals surface area (Å²) in [5.41, 5.74) is 8.18. The van der Waals surface area contributed by atoms with E-state index in [1.807, 2.05) is 0 Å². The molecule has 1 unspecified atom stereocenters. The smallest absolute Gasteiger partial charge is 0.0235 e. The molecule has 3 heteroatoms. The van der Waals surface area contributed by atoms with E-state index in [0.29, 0.717) is 12.6 Å². The minimum Gasteiger partial charge on any atom is -0.326 e. The van der Waals surface area contributed by atoms with E-state index >= 15 is 0 Å². The molecule has 1 aromatic carbocycles. The lowest BCUT2D eigenvalue weighted by Crippen LogP contribution is -2.33. The number of likely N-dealkylation sites (N-methyl/N-ethyl adjacent to an activating group) is 2. The minimum atomic E-state index is 0.629. The molecule has 1 saturated heterocycles. The zero-order valence-electron chi connectivity index (χ0n) is 10.9. The van der Waals surface area contributed by atoms with Crippen molar-refractivity contribution < 1.29 is 0 Å². The van der Waals surface area contributed by atoms with Crippen LogP contribution in [-0.2, 0) is 13.1 Å². The van der Waals surface area contributed by atoms with Crippen molar-refractivity contribution in [2.24, 2.45) is 5.73 Å². The van der Waals surface area contributed by atoms with Gasteiger partial charge in [-0.2, -0.15) is 0 Å². The predicted octanol–water partition coefficient (Wildman–Crippen LogP) is 1.28. The zero-order chi connectivity index (χ0) is 12.3. The Bertz CT molecular complexity index is 347. The average molecular weight is 233 g/mol. The van der Waals surface area contributed by atoms with Crippen LogP contribution in [0.15, 0.2) is 24.3 Å². The van der Waals surface area contributed by atoms with Gasteiger partial charge in [-0.05, 0) is 38.2 Å². The molecule has 0 spiro atoms. The van der Waals surface area contributed by atoms with Crippen LogP contribution < -0.4 is 5.73 Å². The molecule has 1 heterocycles. The lowest BCUT2D eigenvalue weighted by molar-refractivity contribution is 0.234. The highest BCUT2D eigenvalue weighted by molar-refractivity contribution is 5.22. The highest BCUT2D eigenvalue weighted by atomic mass is 15.2. The third-order valence-corrected chi connectivity index (χ3v) is 3.68. The van der Waals surface area contributed by atoms with Gasteiger partial charge in [0.25, 0.3) is 0 Å². The molecule has 1 aromatic rings. The maximum absolute atomic E-state index is 5.60. The standard InChI is InChI=1S/C14H23N3/c1-16-8-7-14(11-16)17(2)10-13-5-3-12(9-15)4-6-13/h3-6,14H,7-11,15H2,1-2H3. The summed E-state index contributed by atoms with van der Waals surface area (Å²) in [4.78, 5) is 4.86. The molecule has 1 fully saturated rings. The van der Waals surface area contributed by atoms with Gasteiger partial charge >= 0.3 is 0 Å². The SMILES string of the molecule is CN1CCC(N(C)Cc2ccc(CN)cc2)C1. The van der Waals surface area contributed by atoms with Gasteiger partial charge in [-0.15, -0.1) is 0 Å². The summed E-state index contributed by atoms with van der Waals surface area (Å²) in [5, 5.41) is 0. The monoisotopic (exact) mass is 233 g/mol. The van der Waals surface area contributed by atoms with E-state index < -0.39 is 0 Å². The summed E-state index contributed by atoms with van der Waals surface area (Å²) in [6.45, 7) is 4.07. The molecule has 0 amide bonds. The van der Waals surface area contributed by atoms with E-state index in [1.165, 1.54) is 30.6 Å². The van der Waals surface area contributed by atoms with Crippen LogP contribution in [-0.4, -0.2) is 43.0 Å². The maximum atomic E-state index is 5.60. The topological polar surface area (TPSA) is 32.5 Å².